The van der Waals surface area contributed by atoms with Gasteiger partial charge in [-0.3, -0.25) is 5.10 Å². The topological polar surface area (TPSA) is 49.9 Å². The summed E-state index contributed by atoms with van der Waals surface area (Å²) in [6, 6.07) is 3.76. The molecule has 0 saturated heterocycles. The molecule has 0 amide bonds. The molecule has 1 aromatic heterocycles. The molecule has 0 atom stereocenters. The SMILES string of the molecule is Cc1n[nH]c(C)c1CNc1ccc(OC(F)F)c(F)c1. The fourth-order valence-electron chi connectivity index (χ4n) is 1.83. The van der Waals surface area contributed by atoms with E-state index in [-0.39, 0.29) is 0 Å². The number of benzene rings is 1. The maximum Gasteiger partial charge on any atom is 0.387 e. The van der Waals surface area contributed by atoms with Crippen LogP contribution < -0.4 is 10.1 Å². The van der Waals surface area contributed by atoms with E-state index < -0.39 is 18.2 Å². The number of halogens is 3. The number of nitrogens with one attached hydrogen (secondary N) is 2. The van der Waals surface area contributed by atoms with E-state index >= 15 is 0 Å². The van der Waals surface area contributed by atoms with Gasteiger partial charge in [-0.25, -0.2) is 4.39 Å². The monoisotopic (exact) mass is 285 g/mol. The van der Waals surface area contributed by atoms with Gasteiger partial charge in [0.15, 0.2) is 11.6 Å². The molecule has 2 rings (SSSR count). The number of aryl methyl sites for hydroxylation is 2. The molecule has 0 aliphatic rings. The summed E-state index contributed by atoms with van der Waals surface area (Å²) < 4.78 is 41.6. The minimum atomic E-state index is -3.04. The van der Waals surface area contributed by atoms with Crippen molar-refractivity contribution in [3.8, 4) is 5.75 Å². The van der Waals surface area contributed by atoms with Crippen LogP contribution in [0, 0.1) is 19.7 Å². The molecule has 0 aliphatic carbocycles. The van der Waals surface area contributed by atoms with Crippen LogP contribution in [0.2, 0.25) is 0 Å². The van der Waals surface area contributed by atoms with Crippen LogP contribution in [0.5, 0.6) is 5.75 Å². The van der Waals surface area contributed by atoms with E-state index in [9.17, 15) is 13.2 Å². The van der Waals surface area contributed by atoms with E-state index in [1.807, 2.05) is 13.8 Å². The number of aromatic nitrogens is 2. The van der Waals surface area contributed by atoms with Crippen LogP contribution in [0.3, 0.4) is 0 Å². The Labute approximate surface area is 114 Å². The van der Waals surface area contributed by atoms with Crippen molar-refractivity contribution in [2.75, 3.05) is 5.32 Å². The first-order valence-electron chi connectivity index (χ1n) is 5.96. The van der Waals surface area contributed by atoms with Crippen molar-refractivity contribution in [1.82, 2.24) is 10.2 Å². The zero-order valence-electron chi connectivity index (χ0n) is 11.0. The fourth-order valence-corrected chi connectivity index (χ4v) is 1.83. The largest absolute Gasteiger partial charge is 0.432 e. The quantitative estimate of drug-likeness (QED) is 0.885. The van der Waals surface area contributed by atoms with Crippen molar-refractivity contribution >= 4 is 5.69 Å². The molecule has 0 aliphatic heterocycles. The molecular weight excluding hydrogens is 271 g/mol. The molecule has 0 unspecified atom stereocenters. The lowest BCUT2D eigenvalue weighted by Crippen LogP contribution is -2.05. The molecule has 20 heavy (non-hydrogen) atoms. The van der Waals surface area contributed by atoms with E-state index in [4.69, 9.17) is 0 Å². The number of ether oxygens (including phenoxy) is 1. The van der Waals surface area contributed by atoms with Gasteiger partial charge in [-0.15, -0.1) is 0 Å². The third-order valence-electron chi connectivity index (χ3n) is 2.90. The van der Waals surface area contributed by atoms with Crippen molar-refractivity contribution in [2.45, 2.75) is 27.0 Å². The summed E-state index contributed by atoms with van der Waals surface area (Å²) in [4.78, 5) is 0. The number of nitrogens with zero attached hydrogens (tertiary/aromatic N) is 1. The lowest BCUT2D eigenvalue weighted by atomic mass is 10.2. The van der Waals surface area contributed by atoms with Crippen LogP contribution in [0.15, 0.2) is 18.2 Å². The Morgan fingerprint density at radius 2 is 2.10 bits per heavy atom. The lowest BCUT2D eigenvalue weighted by molar-refractivity contribution is -0.0521. The van der Waals surface area contributed by atoms with E-state index in [1.165, 1.54) is 12.1 Å². The number of anilines is 1. The molecule has 0 radical (unpaired) electrons. The smallest absolute Gasteiger partial charge is 0.387 e. The van der Waals surface area contributed by atoms with Crippen molar-refractivity contribution in [3.05, 3.63) is 41.0 Å². The molecule has 1 heterocycles. The second-order valence-electron chi connectivity index (χ2n) is 4.29. The minimum Gasteiger partial charge on any atom is -0.432 e. The second kappa shape index (κ2) is 5.85. The zero-order valence-corrected chi connectivity index (χ0v) is 11.0. The van der Waals surface area contributed by atoms with E-state index in [1.54, 1.807) is 0 Å². The maximum absolute atomic E-state index is 13.5. The normalized spacial score (nSPS) is 10.9. The number of hydrogen-bond acceptors (Lipinski definition) is 3. The van der Waals surface area contributed by atoms with Crippen LogP contribution >= 0.6 is 0 Å². The van der Waals surface area contributed by atoms with Gasteiger partial charge in [0.25, 0.3) is 0 Å². The summed E-state index contributed by atoms with van der Waals surface area (Å²) in [6.07, 6.45) is 0. The Bertz CT molecular complexity index is 579. The Balaban J connectivity index is 2.06. The molecule has 4 nitrogen and oxygen atoms in total. The molecular formula is C13H14F3N3O. The summed E-state index contributed by atoms with van der Waals surface area (Å²) in [5.74, 6) is -1.31. The first-order valence-corrected chi connectivity index (χ1v) is 5.96. The number of hydrogen-bond donors (Lipinski definition) is 2. The summed E-state index contributed by atoms with van der Waals surface area (Å²) in [5, 5.41) is 9.91. The van der Waals surface area contributed by atoms with Gasteiger partial charge in [0.2, 0.25) is 0 Å². The van der Waals surface area contributed by atoms with Gasteiger partial charge in [-0.2, -0.15) is 13.9 Å². The average Bonchev–Trinajstić information content (AvgIpc) is 2.69. The molecule has 108 valence electrons. The van der Waals surface area contributed by atoms with Crippen molar-refractivity contribution in [3.63, 3.8) is 0 Å². The Morgan fingerprint density at radius 3 is 2.65 bits per heavy atom. The van der Waals surface area contributed by atoms with E-state index in [0.29, 0.717) is 12.2 Å². The summed E-state index contributed by atoms with van der Waals surface area (Å²) >= 11 is 0. The highest BCUT2D eigenvalue weighted by molar-refractivity contribution is 5.48. The molecule has 1 aromatic carbocycles. The Morgan fingerprint density at radius 1 is 1.35 bits per heavy atom. The van der Waals surface area contributed by atoms with Gasteiger partial charge in [0.1, 0.15) is 0 Å². The van der Waals surface area contributed by atoms with Crippen LogP contribution in [0.25, 0.3) is 0 Å². The van der Waals surface area contributed by atoms with E-state index in [0.717, 1.165) is 23.0 Å². The third kappa shape index (κ3) is 3.23. The molecule has 0 saturated carbocycles. The number of rotatable bonds is 5. The predicted octanol–water partition coefficient (Wildman–Crippen LogP) is 3.38. The highest BCUT2D eigenvalue weighted by Gasteiger charge is 2.11. The molecule has 2 aromatic rings. The maximum atomic E-state index is 13.5. The number of alkyl halides is 2. The summed E-state index contributed by atoms with van der Waals surface area (Å²) in [6.45, 7) is 1.17. The third-order valence-corrected chi connectivity index (χ3v) is 2.90. The van der Waals surface area contributed by atoms with Crippen LogP contribution in [0.4, 0.5) is 18.9 Å². The van der Waals surface area contributed by atoms with Crippen molar-refractivity contribution < 1.29 is 17.9 Å². The standard InChI is InChI=1S/C13H14F3N3O/c1-7-10(8(2)19-18-7)6-17-9-3-4-12(11(14)5-9)20-13(15)16/h3-5,13,17H,6H2,1-2H3,(H,18,19). The van der Waals surface area contributed by atoms with Crippen LogP contribution in [-0.4, -0.2) is 16.8 Å². The number of H-pyrrole nitrogens is 1. The van der Waals surface area contributed by atoms with Gasteiger partial charge in [-0.05, 0) is 26.0 Å². The fraction of sp³-hybridized carbons (Fsp3) is 0.308. The molecule has 0 bridgehead atoms. The predicted molar refractivity (Wildman–Crippen MR) is 68.4 cm³/mol. The lowest BCUT2D eigenvalue weighted by Gasteiger charge is -2.09. The molecule has 2 N–H and O–H groups in total. The van der Waals surface area contributed by atoms with Gasteiger partial charge in [0, 0.05) is 29.6 Å². The first-order chi connectivity index (χ1) is 9.47. The van der Waals surface area contributed by atoms with Crippen LogP contribution in [0.1, 0.15) is 17.0 Å². The van der Waals surface area contributed by atoms with Gasteiger partial charge in [-0.1, -0.05) is 0 Å². The second-order valence-corrected chi connectivity index (χ2v) is 4.29. The number of aromatic amines is 1. The van der Waals surface area contributed by atoms with Crippen molar-refractivity contribution in [2.24, 2.45) is 0 Å². The Kier molecular flexibility index (Phi) is 4.16. The van der Waals surface area contributed by atoms with Gasteiger partial charge >= 0.3 is 6.61 Å². The highest BCUT2D eigenvalue weighted by atomic mass is 19.3. The average molecular weight is 285 g/mol. The van der Waals surface area contributed by atoms with Crippen LogP contribution in [-0.2, 0) is 6.54 Å². The summed E-state index contributed by atoms with van der Waals surface area (Å²) in [5.41, 5.74) is 3.24. The Hall–Kier alpha value is -2.18. The van der Waals surface area contributed by atoms with Gasteiger partial charge < -0.3 is 10.1 Å². The molecule has 0 spiro atoms. The minimum absolute atomic E-state index is 0.461. The van der Waals surface area contributed by atoms with Crippen molar-refractivity contribution in [1.29, 1.82) is 0 Å². The summed E-state index contributed by atoms with van der Waals surface area (Å²) in [7, 11) is 0. The van der Waals surface area contributed by atoms with Gasteiger partial charge in [0.05, 0.1) is 5.69 Å². The highest BCUT2D eigenvalue weighted by Crippen LogP contribution is 2.23. The molecule has 0 fully saturated rings. The molecule has 7 heteroatoms. The first kappa shape index (κ1) is 14.2. The van der Waals surface area contributed by atoms with E-state index in [2.05, 4.69) is 20.3 Å². The zero-order chi connectivity index (χ0) is 14.7.